The molecule has 0 saturated carbocycles. The monoisotopic (exact) mass is 327 g/mol. The molecule has 5 heteroatoms. The van der Waals surface area contributed by atoms with Crippen molar-refractivity contribution in [2.75, 3.05) is 12.4 Å². The van der Waals surface area contributed by atoms with E-state index in [0.717, 1.165) is 5.56 Å². The molecule has 0 heterocycles. The second kappa shape index (κ2) is 8.15. The summed E-state index contributed by atoms with van der Waals surface area (Å²) in [5.41, 5.74) is 1.87. The summed E-state index contributed by atoms with van der Waals surface area (Å²) in [6.45, 7) is 3.81. The number of nitrogens with one attached hydrogen (secondary N) is 1. The maximum atomic E-state index is 12.5. The molecule has 24 heavy (non-hydrogen) atoms. The lowest BCUT2D eigenvalue weighted by Crippen LogP contribution is -2.32. The van der Waals surface area contributed by atoms with Gasteiger partial charge in [0, 0.05) is 5.69 Å². The second-order valence-corrected chi connectivity index (χ2v) is 5.34. The van der Waals surface area contributed by atoms with E-state index in [1.807, 2.05) is 38.1 Å². The van der Waals surface area contributed by atoms with Gasteiger partial charge in [-0.25, -0.2) is 4.79 Å². The minimum atomic E-state index is -0.618. The highest BCUT2D eigenvalue weighted by Crippen LogP contribution is 2.20. The Hall–Kier alpha value is -2.82. The fourth-order valence-electron chi connectivity index (χ4n) is 2.23. The molecule has 0 aliphatic carbocycles. The largest absolute Gasteiger partial charge is 0.480 e. The van der Waals surface area contributed by atoms with Gasteiger partial charge in [0.05, 0.1) is 12.7 Å². The lowest BCUT2D eigenvalue weighted by atomic mass is 10.2. The van der Waals surface area contributed by atoms with Crippen LogP contribution in [-0.4, -0.2) is 25.1 Å². The Morgan fingerprint density at radius 1 is 1.12 bits per heavy atom. The predicted molar refractivity (Wildman–Crippen MR) is 92.3 cm³/mol. The van der Waals surface area contributed by atoms with Crippen molar-refractivity contribution in [3.63, 3.8) is 0 Å². The van der Waals surface area contributed by atoms with Gasteiger partial charge in [-0.15, -0.1) is 0 Å². The molecule has 0 spiro atoms. The van der Waals surface area contributed by atoms with Crippen molar-refractivity contribution in [3.8, 4) is 5.75 Å². The Balaban J connectivity index is 2.09. The summed E-state index contributed by atoms with van der Waals surface area (Å²) in [6.07, 6.45) is -0.0930. The van der Waals surface area contributed by atoms with Gasteiger partial charge in [0.15, 0.2) is 6.10 Å². The zero-order chi connectivity index (χ0) is 17.5. The highest BCUT2D eigenvalue weighted by molar-refractivity contribution is 5.96. The zero-order valence-corrected chi connectivity index (χ0v) is 14.0. The Bertz CT molecular complexity index is 727. The molecule has 1 atom stereocenters. The van der Waals surface area contributed by atoms with Crippen LogP contribution in [0.15, 0.2) is 48.5 Å². The van der Waals surface area contributed by atoms with E-state index in [1.165, 1.54) is 7.11 Å². The van der Waals surface area contributed by atoms with Gasteiger partial charge in [-0.2, -0.15) is 0 Å². The first-order valence-electron chi connectivity index (χ1n) is 7.76. The summed E-state index contributed by atoms with van der Waals surface area (Å²) in [5, 5.41) is 2.78. The van der Waals surface area contributed by atoms with Crippen LogP contribution in [0.1, 0.15) is 29.3 Å². The molecule has 2 aromatic rings. The topological polar surface area (TPSA) is 64.6 Å². The summed E-state index contributed by atoms with van der Waals surface area (Å²) >= 11 is 0. The molecule has 0 saturated heterocycles. The molecule has 0 unspecified atom stereocenters. The molecule has 1 N–H and O–H groups in total. The van der Waals surface area contributed by atoms with E-state index in [1.54, 1.807) is 24.3 Å². The van der Waals surface area contributed by atoms with E-state index in [0.29, 0.717) is 23.4 Å². The van der Waals surface area contributed by atoms with Gasteiger partial charge in [0.1, 0.15) is 5.75 Å². The van der Waals surface area contributed by atoms with E-state index in [4.69, 9.17) is 4.74 Å². The zero-order valence-electron chi connectivity index (χ0n) is 14.0. The number of para-hydroxylation sites is 1. The number of benzene rings is 2. The molecule has 1 amide bonds. The Morgan fingerprint density at radius 2 is 1.88 bits per heavy atom. The van der Waals surface area contributed by atoms with Crippen molar-refractivity contribution in [2.45, 2.75) is 26.4 Å². The number of carbonyl (C=O) groups excluding carboxylic acids is 2. The number of aryl methyl sites for hydroxylation is 1. The van der Waals surface area contributed by atoms with Crippen molar-refractivity contribution in [2.24, 2.45) is 0 Å². The van der Waals surface area contributed by atoms with Gasteiger partial charge in [-0.3, -0.25) is 4.79 Å². The van der Waals surface area contributed by atoms with E-state index in [-0.39, 0.29) is 5.91 Å². The third kappa shape index (κ3) is 4.35. The number of amides is 1. The molecule has 0 aliphatic heterocycles. The fraction of sp³-hybridized carbons (Fsp3) is 0.263. The van der Waals surface area contributed by atoms with Crippen LogP contribution in [0, 0.1) is 6.92 Å². The van der Waals surface area contributed by atoms with Crippen molar-refractivity contribution in [1.29, 1.82) is 0 Å². The first kappa shape index (κ1) is 17.5. The first-order chi connectivity index (χ1) is 11.5. The van der Waals surface area contributed by atoms with Crippen LogP contribution in [0.25, 0.3) is 0 Å². The fourth-order valence-corrected chi connectivity index (χ4v) is 2.23. The van der Waals surface area contributed by atoms with Gasteiger partial charge in [-0.05, 0) is 43.2 Å². The average molecular weight is 327 g/mol. The number of methoxy groups -OCH3 is 1. The normalized spacial score (nSPS) is 11.5. The third-order valence-corrected chi connectivity index (χ3v) is 3.58. The smallest absolute Gasteiger partial charge is 0.337 e. The molecule has 2 rings (SSSR count). The van der Waals surface area contributed by atoms with E-state index in [9.17, 15) is 9.59 Å². The quantitative estimate of drug-likeness (QED) is 0.824. The molecular formula is C19H21NO4. The Labute approximate surface area is 141 Å². The Morgan fingerprint density at radius 3 is 2.54 bits per heavy atom. The molecule has 2 aromatic carbocycles. The third-order valence-electron chi connectivity index (χ3n) is 3.58. The van der Waals surface area contributed by atoms with Crippen LogP contribution in [0.2, 0.25) is 0 Å². The summed E-state index contributed by atoms with van der Waals surface area (Å²) in [7, 11) is 1.32. The number of anilines is 1. The van der Waals surface area contributed by atoms with Crippen molar-refractivity contribution < 1.29 is 19.1 Å². The molecule has 0 aromatic heterocycles. The summed E-state index contributed by atoms with van der Waals surface area (Å²) < 4.78 is 10.5. The number of esters is 1. The maximum Gasteiger partial charge on any atom is 0.337 e. The molecule has 5 nitrogen and oxygen atoms in total. The highest BCUT2D eigenvalue weighted by atomic mass is 16.5. The SMILES string of the molecule is CC[C@@H](Oc1ccccc1C)C(=O)Nc1cccc(C(=O)OC)c1. The van der Waals surface area contributed by atoms with Crippen molar-refractivity contribution in [1.82, 2.24) is 0 Å². The summed E-state index contributed by atoms with van der Waals surface area (Å²) in [4.78, 5) is 24.0. The van der Waals surface area contributed by atoms with Gasteiger partial charge in [0.2, 0.25) is 0 Å². The molecule has 126 valence electrons. The molecule has 0 radical (unpaired) electrons. The number of rotatable bonds is 6. The van der Waals surface area contributed by atoms with Crippen LogP contribution in [0.3, 0.4) is 0 Å². The maximum absolute atomic E-state index is 12.5. The number of hydrogen-bond donors (Lipinski definition) is 1. The van der Waals surface area contributed by atoms with Crippen LogP contribution in [0.4, 0.5) is 5.69 Å². The van der Waals surface area contributed by atoms with Crippen LogP contribution >= 0.6 is 0 Å². The van der Waals surface area contributed by atoms with Gasteiger partial charge < -0.3 is 14.8 Å². The van der Waals surface area contributed by atoms with Gasteiger partial charge in [-0.1, -0.05) is 31.2 Å². The average Bonchev–Trinajstić information content (AvgIpc) is 2.60. The van der Waals surface area contributed by atoms with E-state index < -0.39 is 12.1 Å². The first-order valence-corrected chi connectivity index (χ1v) is 7.76. The minimum Gasteiger partial charge on any atom is -0.480 e. The van der Waals surface area contributed by atoms with Gasteiger partial charge in [0.25, 0.3) is 5.91 Å². The molecule has 0 bridgehead atoms. The number of ether oxygens (including phenoxy) is 2. The van der Waals surface area contributed by atoms with Crippen LogP contribution < -0.4 is 10.1 Å². The second-order valence-electron chi connectivity index (χ2n) is 5.34. The predicted octanol–water partition coefficient (Wildman–Crippen LogP) is 3.58. The van der Waals surface area contributed by atoms with Crippen molar-refractivity contribution in [3.05, 3.63) is 59.7 Å². The Kier molecular flexibility index (Phi) is 5.95. The highest BCUT2D eigenvalue weighted by Gasteiger charge is 2.19. The number of carbonyl (C=O) groups is 2. The van der Waals surface area contributed by atoms with E-state index in [2.05, 4.69) is 10.1 Å². The van der Waals surface area contributed by atoms with Crippen LogP contribution in [-0.2, 0) is 9.53 Å². The standard InChI is InChI=1S/C19H21NO4/c1-4-16(24-17-11-6-5-8-13(17)2)18(21)20-15-10-7-9-14(12-15)19(22)23-3/h5-12,16H,4H2,1-3H3,(H,20,21)/t16-/m1/s1. The van der Waals surface area contributed by atoms with Crippen molar-refractivity contribution >= 4 is 17.6 Å². The summed E-state index contributed by atoms with van der Waals surface area (Å²) in [5.74, 6) is -0.0279. The molecule has 0 aliphatic rings. The summed E-state index contributed by atoms with van der Waals surface area (Å²) in [6, 6.07) is 14.2. The van der Waals surface area contributed by atoms with Gasteiger partial charge >= 0.3 is 5.97 Å². The molecule has 0 fully saturated rings. The van der Waals surface area contributed by atoms with E-state index >= 15 is 0 Å². The minimum absolute atomic E-state index is 0.261. The lowest BCUT2D eigenvalue weighted by molar-refractivity contribution is -0.122. The lowest BCUT2D eigenvalue weighted by Gasteiger charge is -2.18. The number of hydrogen-bond acceptors (Lipinski definition) is 4. The molecular weight excluding hydrogens is 306 g/mol. The van der Waals surface area contributed by atoms with Crippen LogP contribution in [0.5, 0.6) is 5.75 Å².